The summed E-state index contributed by atoms with van der Waals surface area (Å²) in [6, 6.07) is 4.02. The molecule has 124 valence electrons. The summed E-state index contributed by atoms with van der Waals surface area (Å²) in [6.07, 6.45) is 4.17. The zero-order chi connectivity index (χ0) is 16.1. The molecule has 3 rings (SSSR count). The van der Waals surface area contributed by atoms with E-state index < -0.39 is 0 Å². The molecule has 1 fully saturated rings. The molecule has 3 heterocycles. The smallest absolute Gasteiger partial charge is 0.236 e. The van der Waals surface area contributed by atoms with Gasteiger partial charge in [0.1, 0.15) is 12.0 Å². The van der Waals surface area contributed by atoms with Crippen LogP contribution in [0, 0.1) is 5.92 Å². The third-order valence-electron chi connectivity index (χ3n) is 4.09. The highest BCUT2D eigenvalue weighted by Crippen LogP contribution is 2.24. The van der Waals surface area contributed by atoms with Crippen LogP contribution in [0.4, 0.5) is 0 Å². The molecule has 1 aliphatic rings. The van der Waals surface area contributed by atoms with Crippen LogP contribution in [0.1, 0.15) is 32.4 Å². The van der Waals surface area contributed by atoms with Gasteiger partial charge in [0.05, 0.1) is 11.4 Å². The minimum absolute atomic E-state index is 0.545. The van der Waals surface area contributed by atoms with E-state index in [-0.39, 0.29) is 0 Å². The van der Waals surface area contributed by atoms with E-state index in [1.54, 1.807) is 17.6 Å². The molecule has 0 bridgehead atoms. The summed E-state index contributed by atoms with van der Waals surface area (Å²) in [5, 5.41) is 5.42. The van der Waals surface area contributed by atoms with Crippen molar-refractivity contribution in [3.05, 3.63) is 29.5 Å². The summed E-state index contributed by atoms with van der Waals surface area (Å²) in [5.41, 5.74) is 0.870. The van der Waals surface area contributed by atoms with Crippen molar-refractivity contribution < 1.29 is 4.42 Å². The molecule has 1 N–H and O–H groups in total. The molecule has 2 aromatic rings. The van der Waals surface area contributed by atoms with Crippen molar-refractivity contribution in [3.8, 4) is 10.8 Å². The summed E-state index contributed by atoms with van der Waals surface area (Å²) in [4.78, 5) is 12.7. The second-order valence-electron chi connectivity index (χ2n) is 5.96. The van der Waals surface area contributed by atoms with E-state index in [0.29, 0.717) is 12.4 Å². The lowest BCUT2D eigenvalue weighted by Gasteiger charge is -2.32. The Bertz CT molecular complexity index is 627. The van der Waals surface area contributed by atoms with Crippen molar-refractivity contribution in [3.63, 3.8) is 0 Å². The maximum atomic E-state index is 5.56. The SMILES string of the molecule is CCNC(=NCc1coc(-c2cccs2)n1)N1CCC(C)CC1. The van der Waals surface area contributed by atoms with Gasteiger partial charge in [-0.25, -0.2) is 9.98 Å². The van der Waals surface area contributed by atoms with Crippen molar-refractivity contribution in [2.75, 3.05) is 19.6 Å². The Morgan fingerprint density at radius 2 is 2.30 bits per heavy atom. The van der Waals surface area contributed by atoms with Crippen LogP contribution < -0.4 is 5.32 Å². The van der Waals surface area contributed by atoms with Gasteiger partial charge in [0, 0.05) is 19.6 Å². The fraction of sp³-hybridized carbons (Fsp3) is 0.529. The number of likely N-dealkylation sites (tertiary alicyclic amines) is 1. The number of rotatable bonds is 4. The van der Waals surface area contributed by atoms with Gasteiger partial charge in [-0.15, -0.1) is 11.3 Å². The van der Waals surface area contributed by atoms with Gasteiger partial charge in [-0.2, -0.15) is 0 Å². The average molecular weight is 332 g/mol. The first-order valence-electron chi connectivity index (χ1n) is 8.27. The molecule has 6 heteroatoms. The molecule has 0 aliphatic carbocycles. The Morgan fingerprint density at radius 3 is 3.00 bits per heavy atom. The van der Waals surface area contributed by atoms with E-state index in [2.05, 4.69) is 29.0 Å². The van der Waals surface area contributed by atoms with E-state index >= 15 is 0 Å². The molecule has 0 radical (unpaired) electrons. The third kappa shape index (κ3) is 4.13. The lowest BCUT2D eigenvalue weighted by molar-refractivity contribution is 0.273. The van der Waals surface area contributed by atoms with Crippen molar-refractivity contribution in [2.24, 2.45) is 10.9 Å². The number of hydrogen-bond donors (Lipinski definition) is 1. The average Bonchev–Trinajstić information content (AvgIpc) is 3.23. The summed E-state index contributed by atoms with van der Waals surface area (Å²) in [5.74, 6) is 2.49. The van der Waals surface area contributed by atoms with E-state index in [4.69, 9.17) is 9.41 Å². The number of aromatic nitrogens is 1. The van der Waals surface area contributed by atoms with Crippen LogP contribution in [-0.4, -0.2) is 35.5 Å². The Morgan fingerprint density at radius 1 is 1.48 bits per heavy atom. The van der Waals surface area contributed by atoms with Crippen LogP contribution in [0.5, 0.6) is 0 Å². The molecule has 1 saturated heterocycles. The maximum Gasteiger partial charge on any atom is 0.236 e. The van der Waals surface area contributed by atoms with Crippen LogP contribution in [0.25, 0.3) is 10.8 Å². The van der Waals surface area contributed by atoms with Gasteiger partial charge >= 0.3 is 0 Å². The largest absolute Gasteiger partial charge is 0.443 e. The van der Waals surface area contributed by atoms with E-state index in [1.807, 2.05) is 17.5 Å². The molecule has 0 aromatic carbocycles. The van der Waals surface area contributed by atoms with Crippen LogP contribution in [0.2, 0.25) is 0 Å². The van der Waals surface area contributed by atoms with Crippen molar-refractivity contribution in [2.45, 2.75) is 33.2 Å². The van der Waals surface area contributed by atoms with Gasteiger partial charge in [0.2, 0.25) is 5.89 Å². The number of aliphatic imine (C=N–C) groups is 1. The summed E-state index contributed by atoms with van der Waals surface area (Å²) in [7, 11) is 0. The Hall–Kier alpha value is -1.82. The molecular formula is C17H24N4OS. The van der Waals surface area contributed by atoms with Crippen LogP contribution >= 0.6 is 11.3 Å². The highest BCUT2D eigenvalue weighted by Gasteiger charge is 2.18. The van der Waals surface area contributed by atoms with Gasteiger partial charge in [-0.3, -0.25) is 0 Å². The van der Waals surface area contributed by atoms with Gasteiger partial charge in [0.25, 0.3) is 0 Å². The number of nitrogens with zero attached hydrogens (tertiary/aromatic N) is 3. The van der Waals surface area contributed by atoms with Crippen LogP contribution in [-0.2, 0) is 6.54 Å². The highest BCUT2D eigenvalue weighted by atomic mass is 32.1. The molecule has 0 amide bonds. The van der Waals surface area contributed by atoms with Crippen molar-refractivity contribution >= 4 is 17.3 Å². The predicted molar refractivity (Wildman–Crippen MR) is 94.6 cm³/mol. The normalized spacial score (nSPS) is 16.8. The lowest BCUT2D eigenvalue weighted by Crippen LogP contribution is -2.45. The molecule has 23 heavy (non-hydrogen) atoms. The van der Waals surface area contributed by atoms with Crippen LogP contribution in [0.15, 0.2) is 33.2 Å². The first-order valence-corrected chi connectivity index (χ1v) is 9.15. The minimum Gasteiger partial charge on any atom is -0.443 e. The quantitative estimate of drug-likeness (QED) is 0.686. The Labute approximate surface area is 141 Å². The number of guanidine groups is 1. The summed E-state index contributed by atoms with van der Waals surface area (Å²) in [6.45, 7) is 8.00. The molecule has 5 nitrogen and oxygen atoms in total. The molecule has 0 spiro atoms. The van der Waals surface area contributed by atoms with E-state index in [1.165, 1.54) is 12.8 Å². The van der Waals surface area contributed by atoms with Gasteiger partial charge in [0.15, 0.2) is 5.96 Å². The number of piperidine rings is 1. The second kappa shape index (κ2) is 7.64. The second-order valence-corrected chi connectivity index (χ2v) is 6.91. The number of thiophene rings is 1. The summed E-state index contributed by atoms with van der Waals surface area (Å²) < 4.78 is 5.56. The molecule has 2 aromatic heterocycles. The molecule has 0 unspecified atom stereocenters. The lowest BCUT2D eigenvalue weighted by atomic mass is 10.00. The third-order valence-corrected chi connectivity index (χ3v) is 4.95. The van der Waals surface area contributed by atoms with E-state index in [0.717, 1.165) is 42.1 Å². The van der Waals surface area contributed by atoms with Gasteiger partial charge in [-0.1, -0.05) is 13.0 Å². The maximum absolute atomic E-state index is 5.56. The molecule has 0 saturated carbocycles. The van der Waals surface area contributed by atoms with Crippen LogP contribution in [0.3, 0.4) is 0 Å². The topological polar surface area (TPSA) is 53.7 Å². The summed E-state index contributed by atoms with van der Waals surface area (Å²) >= 11 is 1.63. The zero-order valence-corrected chi connectivity index (χ0v) is 14.6. The van der Waals surface area contributed by atoms with Gasteiger partial charge < -0.3 is 14.6 Å². The Balaban J connectivity index is 1.66. The predicted octanol–water partition coefficient (Wildman–Crippen LogP) is 3.60. The monoisotopic (exact) mass is 332 g/mol. The fourth-order valence-electron chi connectivity index (χ4n) is 2.70. The number of nitrogens with one attached hydrogen (secondary N) is 1. The van der Waals surface area contributed by atoms with Crippen molar-refractivity contribution in [1.82, 2.24) is 15.2 Å². The fourth-order valence-corrected chi connectivity index (χ4v) is 3.35. The molecule has 0 atom stereocenters. The zero-order valence-electron chi connectivity index (χ0n) is 13.8. The molecule has 1 aliphatic heterocycles. The molecular weight excluding hydrogens is 308 g/mol. The highest BCUT2D eigenvalue weighted by molar-refractivity contribution is 7.13. The number of hydrogen-bond acceptors (Lipinski definition) is 4. The Kier molecular flexibility index (Phi) is 5.33. The van der Waals surface area contributed by atoms with Crippen molar-refractivity contribution in [1.29, 1.82) is 0 Å². The van der Waals surface area contributed by atoms with Gasteiger partial charge in [-0.05, 0) is 37.1 Å². The number of oxazole rings is 1. The standard InChI is InChI=1S/C17H24N4OS/c1-3-18-17(21-8-6-13(2)7-9-21)19-11-14-12-22-16(20-14)15-5-4-10-23-15/h4-5,10,12-13H,3,6-9,11H2,1-2H3,(H,18,19). The first kappa shape index (κ1) is 16.1. The van der Waals surface area contributed by atoms with E-state index in [9.17, 15) is 0 Å². The first-order chi connectivity index (χ1) is 11.3. The minimum atomic E-state index is 0.545.